The van der Waals surface area contributed by atoms with Crippen molar-refractivity contribution >= 4 is 18.1 Å². The summed E-state index contributed by atoms with van der Waals surface area (Å²) >= 11 is 0. The number of carbonyl (C=O) groups excluding carboxylic acids is 1. The molecule has 9 heteroatoms. The fourth-order valence-electron chi connectivity index (χ4n) is 6.88. The first-order valence-electron chi connectivity index (χ1n) is 13.7. The number of alkyl halides is 1. The molecule has 0 spiro atoms. The van der Waals surface area contributed by atoms with Crippen LogP contribution >= 0.6 is 0 Å². The molecule has 0 radical (unpaired) electrons. The number of carboxylic acid groups (broad SMARTS) is 1. The van der Waals surface area contributed by atoms with Crippen molar-refractivity contribution in [2.75, 3.05) is 14.2 Å². The number of aromatic nitrogens is 2. The maximum Gasteiger partial charge on any atom is 0.410 e. The number of carboxylic acids is 1. The number of rotatable bonds is 5. The quantitative estimate of drug-likeness (QED) is 0.526. The molecule has 8 nitrogen and oxygen atoms in total. The third-order valence-corrected chi connectivity index (χ3v) is 9.07. The highest BCUT2D eigenvalue weighted by atomic mass is 19.1. The van der Waals surface area contributed by atoms with E-state index in [1.807, 2.05) is 17.9 Å². The highest BCUT2D eigenvalue weighted by molar-refractivity contribution is 5.71. The van der Waals surface area contributed by atoms with Gasteiger partial charge in [0.25, 0.3) is 0 Å². The Morgan fingerprint density at radius 2 is 1.87 bits per heavy atom. The number of methoxy groups -OCH3 is 2. The summed E-state index contributed by atoms with van der Waals surface area (Å²) in [5, 5.41) is 9.54. The van der Waals surface area contributed by atoms with Gasteiger partial charge in [0.15, 0.2) is 6.17 Å². The fraction of sp³-hybridized carbons (Fsp3) is 0.621. The Morgan fingerprint density at radius 1 is 1.13 bits per heavy atom. The van der Waals surface area contributed by atoms with Crippen LogP contribution in [0.5, 0.6) is 0 Å². The number of likely N-dealkylation sites (tertiary alicyclic amines) is 1. The van der Waals surface area contributed by atoms with Crippen molar-refractivity contribution in [1.82, 2.24) is 14.5 Å². The summed E-state index contributed by atoms with van der Waals surface area (Å²) in [4.78, 5) is 31.4. The lowest BCUT2D eigenvalue weighted by atomic mass is 9.80. The molecule has 0 aromatic carbocycles. The molecule has 1 saturated carbocycles. The summed E-state index contributed by atoms with van der Waals surface area (Å²) in [6.45, 7) is 4.12. The molecule has 1 amide bonds. The van der Waals surface area contributed by atoms with E-state index in [1.54, 1.807) is 6.08 Å². The van der Waals surface area contributed by atoms with E-state index in [4.69, 9.17) is 14.5 Å². The van der Waals surface area contributed by atoms with Gasteiger partial charge in [0, 0.05) is 30.3 Å². The fourth-order valence-corrected chi connectivity index (χ4v) is 6.88. The first kappa shape index (κ1) is 26.5. The summed E-state index contributed by atoms with van der Waals surface area (Å²) in [6, 6.07) is 0.0526. The maximum atomic E-state index is 14.8. The van der Waals surface area contributed by atoms with Crippen LogP contribution in [0.2, 0.25) is 0 Å². The van der Waals surface area contributed by atoms with Crippen LogP contribution in [0.3, 0.4) is 0 Å². The second-order valence-electron chi connectivity index (χ2n) is 11.1. The molecule has 0 bridgehead atoms. The van der Waals surface area contributed by atoms with Gasteiger partial charge >= 0.3 is 12.1 Å². The van der Waals surface area contributed by atoms with Gasteiger partial charge in [-0.1, -0.05) is 24.6 Å². The first-order valence-corrected chi connectivity index (χ1v) is 13.7. The van der Waals surface area contributed by atoms with Crippen molar-refractivity contribution in [1.29, 1.82) is 0 Å². The minimum Gasteiger partial charge on any atom is -0.498 e. The van der Waals surface area contributed by atoms with Crippen molar-refractivity contribution in [2.45, 2.75) is 94.9 Å². The molecule has 5 unspecified atom stereocenters. The molecule has 1 aromatic rings. The van der Waals surface area contributed by atoms with Gasteiger partial charge in [-0.2, -0.15) is 0 Å². The Hall–Kier alpha value is -3.10. The number of allylic oxidation sites excluding steroid dienone is 4. The molecule has 1 N–H and O–H groups in total. The smallest absolute Gasteiger partial charge is 0.410 e. The zero-order valence-electron chi connectivity index (χ0n) is 22.6. The van der Waals surface area contributed by atoms with Crippen LogP contribution in [0.4, 0.5) is 9.18 Å². The lowest BCUT2D eigenvalue weighted by molar-refractivity contribution is -0.143. The van der Waals surface area contributed by atoms with Gasteiger partial charge in [0.1, 0.15) is 11.6 Å². The van der Waals surface area contributed by atoms with Crippen LogP contribution in [0, 0.1) is 5.92 Å². The maximum absolute atomic E-state index is 14.8. The average Bonchev–Trinajstić information content (AvgIpc) is 3.32. The van der Waals surface area contributed by atoms with E-state index in [-0.39, 0.29) is 48.4 Å². The number of imidazole rings is 1. The van der Waals surface area contributed by atoms with E-state index in [0.29, 0.717) is 18.6 Å². The molecule has 1 aromatic heterocycles. The number of amides is 1. The van der Waals surface area contributed by atoms with E-state index in [0.717, 1.165) is 48.5 Å². The summed E-state index contributed by atoms with van der Waals surface area (Å²) < 4.78 is 27.4. The minimum atomic E-state index is -1.19. The van der Waals surface area contributed by atoms with Gasteiger partial charge in [-0.3, -0.25) is 9.69 Å². The largest absolute Gasteiger partial charge is 0.498 e. The predicted molar refractivity (Wildman–Crippen MR) is 140 cm³/mol. The topological polar surface area (TPSA) is 93.9 Å². The number of hydrogen-bond donors (Lipinski definition) is 1. The molecule has 1 saturated heterocycles. The van der Waals surface area contributed by atoms with E-state index in [1.165, 1.54) is 14.2 Å². The number of carbonyl (C=O) groups is 2. The Balaban J connectivity index is 1.55. The standard InChI is InChI=1S/C29H38FN3O5/c1-16-5-11-21-23(32(16)29(36)38-4)12-13-24-26(21)31-27(17(2)19-8-14-25(37-3)22(30)15-19)33(24)20-9-6-18(7-10-20)28(34)35/h8,12-14,16-18,20-23H,5-7,9-11,15H2,1-4H3,(H,34,35). The second-order valence-corrected chi connectivity index (χ2v) is 11.1. The van der Waals surface area contributed by atoms with Crippen LogP contribution in [0.1, 0.15) is 93.9 Å². The van der Waals surface area contributed by atoms with Gasteiger partial charge < -0.3 is 19.1 Å². The van der Waals surface area contributed by atoms with Crippen LogP contribution in [-0.4, -0.2) is 64.1 Å². The molecule has 2 fully saturated rings. The third kappa shape index (κ3) is 4.54. The van der Waals surface area contributed by atoms with E-state index >= 15 is 0 Å². The summed E-state index contributed by atoms with van der Waals surface area (Å²) in [5.74, 6) is 0.0917. The number of nitrogens with zero attached hydrogens (tertiary/aromatic N) is 3. The van der Waals surface area contributed by atoms with Crippen LogP contribution in [0.15, 0.2) is 29.6 Å². The van der Waals surface area contributed by atoms with E-state index in [9.17, 15) is 19.1 Å². The third-order valence-electron chi connectivity index (χ3n) is 9.07. The molecule has 206 valence electrons. The van der Waals surface area contributed by atoms with Crippen LogP contribution in [-0.2, 0) is 14.3 Å². The monoisotopic (exact) mass is 527 g/mol. The molecular weight excluding hydrogens is 489 g/mol. The van der Waals surface area contributed by atoms with Crippen molar-refractivity contribution in [3.63, 3.8) is 0 Å². The lowest BCUT2D eigenvalue weighted by Crippen LogP contribution is -2.52. The van der Waals surface area contributed by atoms with Crippen LogP contribution in [0.25, 0.3) is 6.08 Å². The molecule has 2 heterocycles. The number of aliphatic carboxylic acids is 1. The molecule has 38 heavy (non-hydrogen) atoms. The molecular formula is C29H38FN3O5. The van der Waals surface area contributed by atoms with E-state index in [2.05, 4.69) is 23.6 Å². The molecule has 5 atom stereocenters. The SMILES string of the molecule is COC(=O)N1C(C)CCC2c3nc(C(C)C4=CC=C(OC)C(F)C4)n(C4CCC(C(=O)O)CC4)c3C=CC21. The lowest BCUT2D eigenvalue weighted by Gasteiger charge is -2.44. The number of hydrogen-bond acceptors (Lipinski definition) is 5. The van der Waals surface area contributed by atoms with E-state index < -0.39 is 12.1 Å². The highest BCUT2D eigenvalue weighted by Crippen LogP contribution is 2.46. The number of piperidine rings is 1. The average molecular weight is 528 g/mol. The normalized spacial score (nSPS) is 31.4. The summed E-state index contributed by atoms with van der Waals surface area (Å²) in [6.07, 6.45) is 11.1. The number of ether oxygens (including phenoxy) is 2. The Morgan fingerprint density at radius 3 is 2.50 bits per heavy atom. The molecule has 3 aliphatic carbocycles. The Bertz CT molecular complexity index is 1180. The first-order chi connectivity index (χ1) is 18.2. The van der Waals surface area contributed by atoms with Crippen molar-refractivity contribution < 1.29 is 28.6 Å². The van der Waals surface area contributed by atoms with Crippen molar-refractivity contribution in [2.24, 2.45) is 5.92 Å². The van der Waals surface area contributed by atoms with Gasteiger partial charge in [0.05, 0.1) is 37.6 Å². The number of fused-ring (bicyclic) bond motifs is 3. The zero-order valence-corrected chi connectivity index (χ0v) is 22.6. The van der Waals surface area contributed by atoms with Crippen molar-refractivity contribution in [3.05, 3.63) is 46.8 Å². The predicted octanol–water partition coefficient (Wildman–Crippen LogP) is 5.73. The van der Waals surface area contributed by atoms with Gasteiger partial charge in [-0.25, -0.2) is 14.2 Å². The van der Waals surface area contributed by atoms with Gasteiger partial charge in [-0.05, 0) is 57.6 Å². The number of halogens is 1. The summed E-state index contributed by atoms with van der Waals surface area (Å²) in [7, 11) is 2.90. The van der Waals surface area contributed by atoms with Gasteiger partial charge in [-0.15, -0.1) is 0 Å². The Kier molecular flexibility index (Phi) is 7.38. The Labute approximate surface area is 223 Å². The molecule has 4 aliphatic rings. The summed E-state index contributed by atoms with van der Waals surface area (Å²) in [5.41, 5.74) is 2.96. The van der Waals surface area contributed by atoms with Crippen LogP contribution < -0.4 is 0 Å². The highest BCUT2D eigenvalue weighted by Gasteiger charge is 2.44. The minimum absolute atomic E-state index is 0.0436. The van der Waals surface area contributed by atoms with Crippen molar-refractivity contribution in [3.8, 4) is 0 Å². The molecule has 1 aliphatic heterocycles. The van der Waals surface area contributed by atoms with Gasteiger partial charge in [0.2, 0.25) is 0 Å². The molecule has 5 rings (SSSR count). The zero-order chi connectivity index (χ0) is 27.1. The second kappa shape index (κ2) is 10.6.